The van der Waals surface area contributed by atoms with E-state index in [1.807, 2.05) is 24.3 Å². The van der Waals surface area contributed by atoms with E-state index in [9.17, 15) is 4.79 Å². The summed E-state index contributed by atoms with van der Waals surface area (Å²) in [5, 5.41) is 4.43. The van der Waals surface area contributed by atoms with Crippen molar-refractivity contribution in [1.29, 1.82) is 0 Å². The molecule has 0 spiro atoms. The topological polar surface area (TPSA) is 73.9 Å². The number of nitrogens with two attached hydrogens (primary N) is 1. The normalized spacial score (nSPS) is 11.2. The molecule has 8 heteroatoms. The van der Waals surface area contributed by atoms with E-state index in [4.69, 9.17) is 38.5 Å². The largest absolute Gasteiger partial charge is 0.488 e. The van der Waals surface area contributed by atoms with Gasteiger partial charge in [-0.2, -0.15) is 0 Å². The summed E-state index contributed by atoms with van der Waals surface area (Å²) in [5.74, 6) is 0.0661. The minimum Gasteiger partial charge on any atom is -0.488 e. The van der Waals surface area contributed by atoms with Gasteiger partial charge in [0, 0.05) is 10.6 Å². The monoisotopic (exact) mass is 492 g/mol. The van der Waals surface area contributed by atoms with Gasteiger partial charge in [0.1, 0.15) is 12.4 Å². The molecular weight excluding hydrogens is 479 g/mol. The zero-order valence-electron chi connectivity index (χ0n) is 14.9. The predicted molar refractivity (Wildman–Crippen MR) is 118 cm³/mol. The van der Waals surface area contributed by atoms with Gasteiger partial charge in [-0.15, -0.1) is 0 Å². The number of halogens is 3. The number of oxime groups is 1. The molecule has 0 radical (unpaired) electrons. The fraction of sp³-hybridized carbons (Fsp3) is 0.0476. The highest BCUT2D eigenvalue weighted by Crippen LogP contribution is 2.25. The smallest absolute Gasteiger partial charge is 0.365 e. The summed E-state index contributed by atoms with van der Waals surface area (Å²) in [7, 11) is 0. The number of rotatable bonds is 6. The SMILES string of the molecule is N/C(=N\OC(=O)c1ccc(COc2ccccc2Br)cc1)c1ccc(Cl)cc1Cl. The van der Waals surface area contributed by atoms with Gasteiger partial charge in [-0.1, -0.05) is 52.6 Å². The molecule has 3 aromatic carbocycles. The Bertz CT molecular complexity index is 1060. The van der Waals surface area contributed by atoms with Gasteiger partial charge in [-0.3, -0.25) is 0 Å². The first-order chi connectivity index (χ1) is 13.9. The number of carbonyl (C=O) groups excluding carboxylic acids is 1. The summed E-state index contributed by atoms with van der Waals surface area (Å²) >= 11 is 15.3. The summed E-state index contributed by atoms with van der Waals surface area (Å²) in [6, 6.07) is 19.1. The molecule has 0 aliphatic carbocycles. The maximum Gasteiger partial charge on any atom is 0.365 e. The average Bonchev–Trinajstić information content (AvgIpc) is 2.71. The summed E-state index contributed by atoms with van der Waals surface area (Å²) in [6.45, 7) is 0.359. The van der Waals surface area contributed by atoms with Crippen LogP contribution >= 0.6 is 39.1 Å². The van der Waals surface area contributed by atoms with Crippen LogP contribution in [0.3, 0.4) is 0 Å². The third-order valence-corrected chi connectivity index (χ3v) is 5.06. The van der Waals surface area contributed by atoms with Gasteiger partial charge < -0.3 is 15.3 Å². The third kappa shape index (κ3) is 5.73. The molecule has 0 amide bonds. The Morgan fingerprint density at radius 3 is 2.45 bits per heavy atom. The molecule has 0 atom stereocenters. The average molecular weight is 494 g/mol. The lowest BCUT2D eigenvalue weighted by molar-refractivity contribution is 0.0516. The van der Waals surface area contributed by atoms with Crippen LogP contribution in [-0.2, 0) is 11.4 Å². The lowest BCUT2D eigenvalue weighted by Crippen LogP contribution is -2.15. The van der Waals surface area contributed by atoms with Gasteiger partial charge in [-0.25, -0.2) is 4.79 Å². The van der Waals surface area contributed by atoms with Crippen LogP contribution in [0.25, 0.3) is 0 Å². The summed E-state index contributed by atoms with van der Waals surface area (Å²) in [5.41, 5.74) is 7.47. The maximum absolute atomic E-state index is 12.2. The Balaban J connectivity index is 1.60. The fourth-order valence-electron chi connectivity index (χ4n) is 2.35. The minimum absolute atomic E-state index is 0.0292. The Kier molecular flexibility index (Phi) is 7.14. The van der Waals surface area contributed by atoms with E-state index in [1.165, 1.54) is 6.07 Å². The van der Waals surface area contributed by atoms with Crippen molar-refractivity contribution in [3.8, 4) is 5.75 Å². The van der Waals surface area contributed by atoms with Crippen molar-refractivity contribution in [2.24, 2.45) is 10.9 Å². The molecule has 3 rings (SSSR count). The first kappa shape index (κ1) is 21.2. The zero-order valence-corrected chi connectivity index (χ0v) is 18.0. The van der Waals surface area contributed by atoms with E-state index in [0.717, 1.165) is 15.8 Å². The molecule has 0 saturated heterocycles. The highest BCUT2D eigenvalue weighted by Gasteiger charge is 2.10. The van der Waals surface area contributed by atoms with E-state index in [2.05, 4.69) is 21.1 Å². The summed E-state index contributed by atoms with van der Waals surface area (Å²) in [6.07, 6.45) is 0. The van der Waals surface area contributed by atoms with Crippen molar-refractivity contribution in [3.63, 3.8) is 0 Å². The third-order valence-electron chi connectivity index (χ3n) is 3.85. The summed E-state index contributed by atoms with van der Waals surface area (Å²) in [4.78, 5) is 17.1. The molecule has 5 nitrogen and oxygen atoms in total. The number of nitrogens with zero attached hydrogens (tertiary/aromatic N) is 1. The molecule has 0 aromatic heterocycles. The van der Waals surface area contributed by atoms with E-state index < -0.39 is 5.97 Å². The number of hydrogen-bond donors (Lipinski definition) is 1. The van der Waals surface area contributed by atoms with Crippen LogP contribution in [0.2, 0.25) is 10.0 Å². The first-order valence-electron chi connectivity index (χ1n) is 8.40. The summed E-state index contributed by atoms with van der Waals surface area (Å²) < 4.78 is 6.62. The van der Waals surface area contributed by atoms with Crippen molar-refractivity contribution in [1.82, 2.24) is 0 Å². The lowest BCUT2D eigenvalue weighted by Gasteiger charge is -2.08. The predicted octanol–water partition coefficient (Wildman–Crippen LogP) is 5.81. The second-order valence-electron chi connectivity index (χ2n) is 5.90. The Hall–Kier alpha value is -2.54. The van der Waals surface area contributed by atoms with Crippen LogP contribution in [-0.4, -0.2) is 11.8 Å². The Labute approximate surface area is 186 Å². The molecule has 0 saturated carbocycles. The van der Waals surface area contributed by atoms with Crippen molar-refractivity contribution in [3.05, 3.63) is 97.9 Å². The van der Waals surface area contributed by atoms with Crippen LogP contribution < -0.4 is 10.5 Å². The van der Waals surface area contributed by atoms with Crippen LogP contribution in [0, 0.1) is 0 Å². The van der Waals surface area contributed by atoms with Crippen LogP contribution in [0.5, 0.6) is 5.75 Å². The molecule has 29 heavy (non-hydrogen) atoms. The molecule has 2 N–H and O–H groups in total. The molecule has 0 unspecified atom stereocenters. The van der Waals surface area contributed by atoms with E-state index >= 15 is 0 Å². The van der Waals surface area contributed by atoms with E-state index in [0.29, 0.717) is 27.8 Å². The van der Waals surface area contributed by atoms with Gasteiger partial charge in [0.05, 0.1) is 15.1 Å². The molecule has 3 aromatic rings. The fourth-order valence-corrected chi connectivity index (χ4v) is 3.25. The van der Waals surface area contributed by atoms with Gasteiger partial charge in [0.2, 0.25) is 0 Å². The van der Waals surface area contributed by atoms with Gasteiger partial charge in [0.15, 0.2) is 5.84 Å². The second kappa shape index (κ2) is 9.78. The minimum atomic E-state index is -0.642. The zero-order chi connectivity index (χ0) is 20.8. The second-order valence-corrected chi connectivity index (χ2v) is 7.59. The van der Waals surface area contributed by atoms with Crippen molar-refractivity contribution < 1.29 is 14.4 Å². The van der Waals surface area contributed by atoms with Gasteiger partial charge in [0.25, 0.3) is 0 Å². The van der Waals surface area contributed by atoms with Crippen LogP contribution in [0.15, 0.2) is 76.4 Å². The number of carbonyl (C=O) groups is 1. The maximum atomic E-state index is 12.2. The van der Waals surface area contributed by atoms with Crippen LogP contribution in [0.4, 0.5) is 0 Å². The number of ether oxygens (including phenoxy) is 1. The van der Waals surface area contributed by atoms with Crippen molar-refractivity contribution in [2.75, 3.05) is 0 Å². The molecule has 0 fully saturated rings. The standard InChI is InChI=1S/C21H15BrCl2N2O3/c22-17-3-1-2-4-19(17)28-12-13-5-7-14(8-6-13)21(27)29-26-20(25)16-10-9-15(23)11-18(16)24/h1-11H,12H2,(H2,25,26). The van der Waals surface area contributed by atoms with Crippen LogP contribution in [0.1, 0.15) is 21.5 Å². The van der Waals surface area contributed by atoms with Crippen molar-refractivity contribution >= 4 is 50.9 Å². The van der Waals surface area contributed by atoms with Gasteiger partial charge in [-0.05, 0) is 64.0 Å². The van der Waals surface area contributed by atoms with E-state index in [1.54, 1.807) is 36.4 Å². The van der Waals surface area contributed by atoms with E-state index in [-0.39, 0.29) is 5.84 Å². The first-order valence-corrected chi connectivity index (χ1v) is 9.95. The Morgan fingerprint density at radius 1 is 1.03 bits per heavy atom. The molecule has 0 heterocycles. The number of para-hydroxylation sites is 1. The molecular formula is C21H15BrCl2N2O3. The molecule has 0 bridgehead atoms. The Morgan fingerprint density at radius 2 is 1.76 bits per heavy atom. The van der Waals surface area contributed by atoms with Gasteiger partial charge >= 0.3 is 5.97 Å². The molecule has 148 valence electrons. The quantitative estimate of drug-likeness (QED) is 0.203. The number of hydrogen-bond acceptors (Lipinski definition) is 4. The highest BCUT2D eigenvalue weighted by molar-refractivity contribution is 9.10. The number of benzene rings is 3. The molecule has 0 aliphatic rings. The highest BCUT2D eigenvalue weighted by atomic mass is 79.9. The lowest BCUT2D eigenvalue weighted by atomic mass is 10.1. The molecule has 0 aliphatic heterocycles. The number of amidine groups is 1. The van der Waals surface area contributed by atoms with Crippen molar-refractivity contribution in [2.45, 2.75) is 6.61 Å².